The number of aliphatic hydroxyl groups is 2. The van der Waals surface area contributed by atoms with E-state index in [1.54, 1.807) is 19.1 Å². The van der Waals surface area contributed by atoms with Crippen LogP contribution in [0, 0.1) is 6.92 Å². The lowest BCUT2D eigenvalue weighted by Gasteiger charge is -2.11. The van der Waals surface area contributed by atoms with Crippen LogP contribution in [0.4, 0.5) is 5.69 Å². The third-order valence-electron chi connectivity index (χ3n) is 2.25. The molecule has 0 heterocycles. The van der Waals surface area contributed by atoms with Crippen LogP contribution in [-0.2, 0) is 4.74 Å². The van der Waals surface area contributed by atoms with Crippen molar-refractivity contribution in [2.24, 2.45) is 0 Å². The molecule has 5 nitrogen and oxygen atoms in total. The quantitative estimate of drug-likeness (QED) is 0.566. The summed E-state index contributed by atoms with van der Waals surface area (Å²) in [5.41, 5.74) is 7.15. The fourth-order valence-corrected chi connectivity index (χ4v) is 1.69. The van der Waals surface area contributed by atoms with E-state index in [1.165, 1.54) is 0 Å². The first-order chi connectivity index (χ1) is 7.95. The lowest BCUT2D eigenvalue weighted by Crippen LogP contribution is -2.22. The minimum Gasteiger partial charge on any atom is -0.459 e. The molecule has 0 aliphatic carbocycles. The number of aliphatic hydroxyl groups excluding tert-OH is 2. The van der Waals surface area contributed by atoms with Gasteiger partial charge in [0.1, 0.15) is 12.7 Å². The predicted octanol–water partition coefficient (Wildman–Crippen LogP) is 0.850. The second-order valence-corrected chi connectivity index (χ2v) is 4.52. The standard InChI is InChI=1S/C11H14BrNO4/c1-6-9(2-7(12)3-10(6)13)11(16)17-5-8(15)4-14/h2-3,8,14-15H,4-5,13H2,1H3. The van der Waals surface area contributed by atoms with Crippen molar-refractivity contribution in [1.29, 1.82) is 0 Å². The number of carbonyl (C=O) groups is 1. The van der Waals surface area contributed by atoms with Gasteiger partial charge in [0.2, 0.25) is 0 Å². The van der Waals surface area contributed by atoms with Crippen molar-refractivity contribution in [3.05, 3.63) is 27.7 Å². The van der Waals surface area contributed by atoms with Crippen LogP contribution in [-0.4, -0.2) is 35.5 Å². The molecule has 0 fully saturated rings. The van der Waals surface area contributed by atoms with E-state index in [4.69, 9.17) is 20.7 Å². The highest BCUT2D eigenvalue weighted by Gasteiger charge is 2.15. The fraction of sp³-hybridized carbons (Fsp3) is 0.364. The average molecular weight is 304 g/mol. The summed E-state index contributed by atoms with van der Waals surface area (Å²) >= 11 is 3.23. The van der Waals surface area contributed by atoms with Gasteiger partial charge in [-0.3, -0.25) is 0 Å². The van der Waals surface area contributed by atoms with E-state index in [9.17, 15) is 4.79 Å². The highest BCUT2D eigenvalue weighted by molar-refractivity contribution is 9.10. The summed E-state index contributed by atoms with van der Waals surface area (Å²) in [6.07, 6.45) is -1.07. The van der Waals surface area contributed by atoms with Crippen LogP contribution in [0.1, 0.15) is 15.9 Å². The Morgan fingerprint density at radius 3 is 2.82 bits per heavy atom. The Labute approximate surface area is 107 Å². The second kappa shape index (κ2) is 6.00. The number of halogens is 1. The molecule has 1 unspecified atom stereocenters. The zero-order valence-corrected chi connectivity index (χ0v) is 10.9. The number of nitrogen functional groups attached to an aromatic ring is 1. The zero-order valence-electron chi connectivity index (χ0n) is 9.31. The number of esters is 1. The number of carbonyl (C=O) groups excluding carboxylic acids is 1. The van der Waals surface area contributed by atoms with Gasteiger partial charge in [0.05, 0.1) is 12.2 Å². The van der Waals surface area contributed by atoms with Crippen LogP contribution in [0.3, 0.4) is 0 Å². The number of hydrogen-bond donors (Lipinski definition) is 3. The van der Waals surface area contributed by atoms with Gasteiger partial charge in [0.25, 0.3) is 0 Å². The molecule has 4 N–H and O–H groups in total. The van der Waals surface area contributed by atoms with E-state index in [-0.39, 0.29) is 6.61 Å². The summed E-state index contributed by atoms with van der Waals surface area (Å²) < 4.78 is 5.52. The number of ether oxygens (including phenoxy) is 1. The first kappa shape index (κ1) is 14.0. The summed E-state index contributed by atoms with van der Waals surface area (Å²) in [5, 5.41) is 17.7. The molecule has 0 saturated heterocycles. The first-order valence-corrected chi connectivity index (χ1v) is 5.76. The van der Waals surface area contributed by atoms with E-state index in [0.29, 0.717) is 21.3 Å². The van der Waals surface area contributed by atoms with Crippen LogP contribution < -0.4 is 5.73 Å². The molecule has 0 spiro atoms. The Balaban J connectivity index is 2.82. The maximum Gasteiger partial charge on any atom is 0.338 e. The zero-order chi connectivity index (χ0) is 13.0. The Bertz CT molecular complexity index is 422. The van der Waals surface area contributed by atoms with Gasteiger partial charge in [-0.25, -0.2) is 4.79 Å². The SMILES string of the molecule is Cc1c(N)cc(Br)cc1C(=O)OCC(O)CO. The molecule has 0 amide bonds. The molecule has 1 aromatic carbocycles. The van der Waals surface area contributed by atoms with Crippen LogP contribution in [0.2, 0.25) is 0 Å². The van der Waals surface area contributed by atoms with Gasteiger partial charge in [-0.1, -0.05) is 15.9 Å². The lowest BCUT2D eigenvalue weighted by molar-refractivity contribution is 0.00927. The van der Waals surface area contributed by atoms with Crippen LogP contribution in [0.5, 0.6) is 0 Å². The molecule has 0 saturated carbocycles. The van der Waals surface area contributed by atoms with Crippen LogP contribution >= 0.6 is 15.9 Å². The Morgan fingerprint density at radius 2 is 2.24 bits per heavy atom. The van der Waals surface area contributed by atoms with E-state index in [0.717, 1.165) is 0 Å². The number of anilines is 1. The van der Waals surface area contributed by atoms with Gasteiger partial charge in [-0.2, -0.15) is 0 Å². The van der Waals surface area contributed by atoms with Crippen LogP contribution in [0.15, 0.2) is 16.6 Å². The van der Waals surface area contributed by atoms with Gasteiger partial charge in [-0.15, -0.1) is 0 Å². The number of rotatable bonds is 4. The minimum atomic E-state index is -1.07. The highest BCUT2D eigenvalue weighted by Crippen LogP contribution is 2.23. The smallest absolute Gasteiger partial charge is 0.338 e. The molecule has 0 radical (unpaired) electrons. The summed E-state index contributed by atoms with van der Waals surface area (Å²) in [6, 6.07) is 3.29. The summed E-state index contributed by atoms with van der Waals surface area (Å²) in [4.78, 5) is 11.7. The molecule has 0 aromatic heterocycles. The molecule has 1 rings (SSSR count). The molecular weight excluding hydrogens is 290 g/mol. The van der Waals surface area contributed by atoms with Crippen molar-refractivity contribution in [1.82, 2.24) is 0 Å². The molecule has 0 aliphatic rings. The van der Waals surface area contributed by atoms with Crippen molar-refractivity contribution in [3.8, 4) is 0 Å². The first-order valence-electron chi connectivity index (χ1n) is 4.97. The van der Waals surface area contributed by atoms with Gasteiger partial charge >= 0.3 is 5.97 Å². The average Bonchev–Trinajstić information content (AvgIpc) is 2.30. The molecule has 94 valence electrons. The van der Waals surface area contributed by atoms with E-state index in [2.05, 4.69) is 15.9 Å². The normalized spacial score (nSPS) is 12.2. The third kappa shape index (κ3) is 3.69. The number of nitrogens with two attached hydrogens (primary N) is 1. The largest absolute Gasteiger partial charge is 0.459 e. The molecule has 0 bridgehead atoms. The van der Waals surface area contributed by atoms with Crippen molar-refractivity contribution in [3.63, 3.8) is 0 Å². The third-order valence-corrected chi connectivity index (χ3v) is 2.71. The maximum absolute atomic E-state index is 11.7. The van der Waals surface area contributed by atoms with Crippen molar-refractivity contribution in [2.45, 2.75) is 13.0 Å². The minimum absolute atomic E-state index is 0.249. The van der Waals surface area contributed by atoms with Crippen molar-refractivity contribution < 1.29 is 19.7 Å². The molecule has 1 atom stereocenters. The van der Waals surface area contributed by atoms with Gasteiger partial charge in [-0.05, 0) is 24.6 Å². The monoisotopic (exact) mass is 303 g/mol. The topological polar surface area (TPSA) is 92.8 Å². The Morgan fingerprint density at radius 1 is 1.59 bits per heavy atom. The molecular formula is C11H14BrNO4. The second-order valence-electron chi connectivity index (χ2n) is 3.60. The number of benzene rings is 1. The van der Waals surface area contributed by atoms with E-state index >= 15 is 0 Å². The van der Waals surface area contributed by atoms with Gasteiger partial charge < -0.3 is 20.7 Å². The predicted molar refractivity (Wildman–Crippen MR) is 66.7 cm³/mol. The maximum atomic E-state index is 11.7. The van der Waals surface area contributed by atoms with Gasteiger partial charge in [0.15, 0.2) is 0 Å². The number of hydrogen-bond acceptors (Lipinski definition) is 5. The molecule has 1 aromatic rings. The van der Waals surface area contributed by atoms with Crippen LogP contribution in [0.25, 0.3) is 0 Å². The van der Waals surface area contributed by atoms with Gasteiger partial charge in [0, 0.05) is 10.2 Å². The fourth-order valence-electron chi connectivity index (χ4n) is 1.21. The Kier molecular flexibility index (Phi) is 4.92. The summed E-state index contributed by atoms with van der Waals surface area (Å²) in [5.74, 6) is -0.581. The highest BCUT2D eigenvalue weighted by atomic mass is 79.9. The molecule has 0 aliphatic heterocycles. The Hall–Kier alpha value is -1.11. The molecule has 17 heavy (non-hydrogen) atoms. The summed E-state index contributed by atoms with van der Waals surface area (Å²) in [6.45, 7) is 1.01. The van der Waals surface area contributed by atoms with Crippen molar-refractivity contribution in [2.75, 3.05) is 18.9 Å². The lowest BCUT2D eigenvalue weighted by atomic mass is 10.1. The van der Waals surface area contributed by atoms with E-state index < -0.39 is 18.7 Å². The molecule has 6 heteroatoms. The summed E-state index contributed by atoms with van der Waals surface area (Å²) in [7, 11) is 0. The van der Waals surface area contributed by atoms with E-state index in [1.807, 2.05) is 0 Å². The van der Waals surface area contributed by atoms with Crippen molar-refractivity contribution >= 4 is 27.6 Å².